The molecular weight excluding hydrogens is 244 g/mol. The number of nitrogens with one attached hydrogen (secondary N) is 1. The van der Waals surface area contributed by atoms with Gasteiger partial charge in [-0.1, -0.05) is 0 Å². The number of hydrogen-bond acceptors (Lipinski definition) is 5. The molecule has 0 unspecified atom stereocenters. The summed E-state index contributed by atoms with van der Waals surface area (Å²) in [5.41, 5.74) is 2.29. The highest BCUT2D eigenvalue weighted by Crippen LogP contribution is 2.19. The van der Waals surface area contributed by atoms with Gasteiger partial charge in [-0.25, -0.2) is 9.97 Å². The molecule has 0 saturated carbocycles. The lowest BCUT2D eigenvalue weighted by molar-refractivity contribution is 0.102. The zero-order valence-electron chi connectivity index (χ0n) is 10.1. The first kappa shape index (κ1) is 11.3. The fourth-order valence-corrected chi connectivity index (χ4v) is 1.73. The smallest absolute Gasteiger partial charge is 0.275 e. The largest absolute Gasteiger partial charge is 0.441 e. The minimum absolute atomic E-state index is 0.263. The van der Waals surface area contributed by atoms with Crippen LogP contribution in [-0.2, 0) is 0 Å². The van der Waals surface area contributed by atoms with Gasteiger partial charge < -0.3 is 9.73 Å². The molecule has 19 heavy (non-hydrogen) atoms. The van der Waals surface area contributed by atoms with Gasteiger partial charge in [0.25, 0.3) is 5.91 Å². The van der Waals surface area contributed by atoms with Gasteiger partial charge in [0.05, 0.1) is 6.20 Å². The molecule has 0 fully saturated rings. The number of carbonyl (C=O) groups is 1. The van der Waals surface area contributed by atoms with Gasteiger partial charge in [0.2, 0.25) is 0 Å². The van der Waals surface area contributed by atoms with Gasteiger partial charge in [0.1, 0.15) is 11.2 Å². The molecule has 1 aromatic carbocycles. The number of carbonyl (C=O) groups excluding carboxylic acids is 1. The fraction of sp³-hybridized carbons (Fsp3) is 0.0769. The fourth-order valence-electron chi connectivity index (χ4n) is 1.73. The maximum absolute atomic E-state index is 11.9. The lowest BCUT2D eigenvalue weighted by Gasteiger charge is -2.03. The molecule has 6 heteroatoms. The van der Waals surface area contributed by atoms with E-state index in [1.807, 2.05) is 0 Å². The van der Waals surface area contributed by atoms with Gasteiger partial charge in [-0.2, -0.15) is 0 Å². The summed E-state index contributed by atoms with van der Waals surface area (Å²) in [7, 11) is 0. The van der Waals surface area contributed by atoms with Crippen LogP contribution in [0.2, 0.25) is 0 Å². The molecule has 1 N–H and O–H groups in total. The van der Waals surface area contributed by atoms with Crippen molar-refractivity contribution in [2.24, 2.45) is 0 Å². The van der Waals surface area contributed by atoms with Crippen LogP contribution in [0.1, 0.15) is 16.4 Å². The zero-order chi connectivity index (χ0) is 13.2. The number of benzene rings is 1. The van der Waals surface area contributed by atoms with E-state index in [-0.39, 0.29) is 11.6 Å². The van der Waals surface area contributed by atoms with Gasteiger partial charge in [-0.15, -0.1) is 0 Å². The molecule has 0 atom stereocenters. The van der Waals surface area contributed by atoms with Crippen LogP contribution >= 0.6 is 0 Å². The predicted molar refractivity (Wildman–Crippen MR) is 68.7 cm³/mol. The van der Waals surface area contributed by atoms with Crippen molar-refractivity contribution in [2.75, 3.05) is 5.32 Å². The summed E-state index contributed by atoms with van der Waals surface area (Å²) in [4.78, 5) is 23.9. The third-order valence-corrected chi connectivity index (χ3v) is 2.55. The molecule has 0 aliphatic carbocycles. The van der Waals surface area contributed by atoms with E-state index in [1.54, 1.807) is 25.1 Å². The van der Waals surface area contributed by atoms with Crippen LogP contribution in [0.5, 0.6) is 0 Å². The van der Waals surface area contributed by atoms with Crippen molar-refractivity contribution in [3.63, 3.8) is 0 Å². The van der Waals surface area contributed by atoms with E-state index in [9.17, 15) is 4.79 Å². The Hall–Kier alpha value is -2.76. The molecule has 0 spiro atoms. The highest BCUT2D eigenvalue weighted by Gasteiger charge is 2.09. The summed E-state index contributed by atoms with van der Waals surface area (Å²) in [6, 6.07) is 5.27. The normalized spacial score (nSPS) is 10.6. The summed E-state index contributed by atoms with van der Waals surface area (Å²) in [6.07, 6.45) is 4.40. The monoisotopic (exact) mass is 254 g/mol. The van der Waals surface area contributed by atoms with Crippen molar-refractivity contribution in [2.45, 2.75) is 6.92 Å². The number of oxazole rings is 1. The van der Waals surface area contributed by atoms with Gasteiger partial charge >= 0.3 is 0 Å². The first-order valence-electron chi connectivity index (χ1n) is 5.67. The molecule has 0 radical (unpaired) electrons. The third-order valence-electron chi connectivity index (χ3n) is 2.55. The lowest BCUT2D eigenvalue weighted by atomic mass is 10.3. The SMILES string of the molecule is Cc1nc2cc(NC(=O)c3cnccn3)ccc2o1. The zero-order valence-corrected chi connectivity index (χ0v) is 10.1. The molecule has 2 heterocycles. The first-order chi connectivity index (χ1) is 9.22. The average molecular weight is 254 g/mol. The number of nitrogens with zero attached hydrogens (tertiary/aromatic N) is 3. The van der Waals surface area contributed by atoms with E-state index in [0.717, 1.165) is 0 Å². The maximum Gasteiger partial charge on any atom is 0.275 e. The van der Waals surface area contributed by atoms with Crippen LogP contribution in [0.25, 0.3) is 11.1 Å². The topological polar surface area (TPSA) is 80.9 Å². The van der Waals surface area contributed by atoms with Gasteiger partial charge in [0, 0.05) is 25.0 Å². The molecule has 94 valence electrons. The Labute approximate surface area is 108 Å². The van der Waals surface area contributed by atoms with E-state index in [0.29, 0.717) is 22.7 Å². The summed E-state index contributed by atoms with van der Waals surface area (Å²) in [6.45, 7) is 1.78. The van der Waals surface area contributed by atoms with E-state index in [1.165, 1.54) is 18.6 Å². The Balaban J connectivity index is 1.87. The van der Waals surface area contributed by atoms with Crippen LogP contribution in [0.4, 0.5) is 5.69 Å². The quantitative estimate of drug-likeness (QED) is 0.758. The number of aromatic nitrogens is 3. The molecule has 1 amide bonds. The molecule has 3 rings (SSSR count). The number of fused-ring (bicyclic) bond motifs is 1. The van der Waals surface area contributed by atoms with Gasteiger partial charge in [-0.05, 0) is 18.2 Å². The van der Waals surface area contributed by atoms with Crippen LogP contribution in [0, 0.1) is 6.92 Å². The molecular formula is C13H10N4O2. The van der Waals surface area contributed by atoms with E-state index >= 15 is 0 Å². The molecule has 3 aromatic rings. The van der Waals surface area contributed by atoms with E-state index in [2.05, 4.69) is 20.3 Å². The number of anilines is 1. The Morgan fingerprint density at radius 2 is 2.21 bits per heavy atom. The van der Waals surface area contributed by atoms with Crippen molar-refractivity contribution in [1.29, 1.82) is 0 Å². The lowest BCUT2D eigenvalue weighted by Crippen LogP contribution is -2.13. The van der Waals surface area contributed by atoms with Crippen LogP contribution in [0.3, 0.4) is 0 Å². The molecule has 0 aliphatic rings. The standard InChI is InChI=1S/C13H10N4O2/c1-8-16-10-6-9(2-3-12(10)19-8)17-13(18)11-7-14-4-5-15-11/h2-7H,1H3,(H,17,18). The number of amides is 1. The molecule has 0 aliphatic heterocycles. The van der Waals surface area contributed by atoms with Gasteiger partial charge in [0.15, 0.2) is 11.5 Å². The van der Waals surface area contributed by atoms with Crippen LogP contribution in [-0.4, -0.2) is 20.9 Å². The van der Waals surface area contributed by atoms with Crippen LogP contribution < -0.4 is 5.32 Å². The Morgan fingerprint density at radius 1 is 1.32 bits per heavy atom. The Morgan fingerprint density at radius 3 is 3.00 bits per heavy atom. The second-order valence-electron chi connectivity index (χ2n) is 3.96. The number of aryl methyl sites for hydroxylation is 1. The summed E-state index contributed by atoms with van der Waals surface area (Å²) in [5, 5.41) is 2.74. The van der Waals surface area contributed by atoms with Crippen molar-refractivity contribution in [3.8, 4) is 0 Å². The highest BCUT2D eigenvalue weighted by atomic mass is 16.3. The van der Waals surface area contributed by atoms with Crippen LogP contribution in [0.15, 0.2) is 41.2 Å². The number of hydrogen-bond donors (Lipinski definition) is 1. The van der Waals surface area contributed by atoms with Gasteiger partial charge in [-0.3, -0.25) is 9.78 Å². The second-order valence-corrected chi connectivity index (χ2v) is 3.96. The summed E-state index contributed by atoms with van der Waals surface area (Å²) in [5.74, 6) is 0.278. The molecule has 2 aromatic heterocycles. The second kappa shape index (κ2) is 4.49. The van der Waals surface area contributed by atoms with E-state index in [4.69, 9.17) is 4.42 Å². The third kappa shape index (κ3) is 2.28. The number of rotatable bonds is 2. The van der Waals surface area contributed by atoms with Crippen molar-refractivity contribution < 1.29 is 9.21 Å². The first-order valence-corrected chi connectivity index (χ1v) is 5.67. The molecule has 0 saturated heterocycles. The Bertz CT molecular complexity index is 737. The van der Waals surface area contributed by atoms with Crippen molar-refractivity contribution in [3.05, 3.63) is 48.4 Å². The van der Waals surface area contributed by atoms with Crippen molar-refractivity contribution >= 4 is 22.7 Å². The molecule has 6 nitrogen and oxygen atoms in total. The predicted octanol–water partition coefficient (Wildman–Crippen LogP) is 2.18. The highest BCUT2D eigenvalue weighted by molar-refractivity contribution is 6.03. The Kier molecular flexibility index (Phi) is 2.68. The minimum Gasteiger partial charge on any atom is -0.441 e. The summed E-state index contributed by atoms with van der Waals surface area (Å²) >= 11 is 0. The summed E-state index contributed by atoms with van der Waals surface area (Å²) < 4.78 is 5.37. The van der Waals surface area contributed by atoms with Crippen molar-refractivity contribution in [1.82, 2.24) is 15.0 Å². The molecule has 0 bridgehead atoms. The van der Waals surface area contributed by atoms with E-state index < -0.39 is 0 Å². The maximum atomic E-state index is 11.9. The average Bonchev–Trinajstić information content (AvgIpc) is 2.79. The minimum atomic E-state index is -0.312.